The molecule has 0 heterocycles. The molecule has 0 fully saturated rings. The van der Waals surface area contributed by atoms with Crippen molar-refractivity contribution in [2.45, 2.75) is 9.79 Å². The number of carboxylic acid groups (broad SMARTS) is 1. The zero-order valence-electron chi connectivity index (χ0n) is 27.8. The van der Waals surface area contributed by atoms with Crippen molar-refractivity contribution in [2.75, 3.05) is 20.5 Å². The molecule has 53 heavy (non-hydrogen) atoms. The molecule has 1 amide bonds. The second-order valence-electron chi connectivity index (χ2n) is 10.6. The van der Waals surface area contributed by atoms with Crippen molar-refractivity contribution in [3.8, 4) is 23.7 Å². The molecule has 5 aromatic carbocycles. The van der Waals surface area contributed by atoms with Crippen LogP contribution in [0.1, 0.15) is 11.1 Å². The van der Waals surface area contributed by atoms with Crippen molar-refractivity contribution in [3.63, 3.8) is 0 Å². The van der Waals surface area contributed by atoms with Crippen molar-refractivity contribution in [1.29, 1.82) is 0 Å². The van der Waals surface area contributed by atoms with Gasteiger partial charge in [-0.1, -0.05) is 84.3 Å². The van der Waals surface area contributed by atoms with Crippen LogP contribution in [0, 0.1) is 23.7 Å². The molecule has 0 aliphatic rings. The first-order valence-corrected chi connectivity index (χ1v) is 18.5. The molecule has 0 spiro atoms. The summed E-state index contributed by atoms with van der Waals surface area (Å²) in [5.74, 6) is 9.48. The minimum absolute atomic E-state index is 0.167. The fourth-order valence-corrected chi connectivity index (χ4v) is 6.35. The van der Waals surface area contributed by atoms with Gasteiger partial charge in [0.2, 0.25) is 5.91 Å². The summed E-state index contributed by atoms with van der Waals surface area (Å²) in [6.45, 7) is 0. The fourth-order valence-electron chi connectivity index (χ4n) is 4.21. The highest BCUT2D eigenvalue weighted by Gasteiger charge is 2.14. The summed E-state index contributed by atoms with van der Waals surface area (Å²) in [6, 6.07) is 36.3. The average Bonchev–Trinajstić information content (AvgIpc) is 3.14. The van der Waals surface area contributed by atoms with Gasteiger partial charge in [0.1, 0.15) is 0 Å². The van der Waals surface area contributed by atoms with Gasteiger partial charge in [0.15, 0.2) is 0 Å². The van der Waals surface area contributed by atoms with E-state index >= 15 is 0 Å². The highest BCUT2D eigenvalue weighted by molar-refractivity contribution is 7.93. The van der Waals surface area contributed by atoms with Gasteiger partial charge in [-0.3, -0.25) is 14.2 Å². The minimum atomic E-state index is -3.68. The zero-order chi connectivity index (χ0) is 38.1. The lowest BCUT2D eigenvalue weighted by molar-refractivity contribution is -0.131. The molecule has 0 aliphatic carbocycles. The molecular formula is C40H32N4O7S2. The summed E-state index contributed by atoms with van der Waals surface area (Å²) >= 11 is 0. The predicted octanol–water partition coefficient (Wildman–Crippen LogP) is 6.10. The number of allylic oxidation sites excluding steroid dienone is 2. The van der Waals surface area contributed by atoms with E-state index in [-0.39, 0.29) is 15.7 Å². The van der Waals surface area contributed by atoms with Crippen LogP contribution in [-0.4, -0.2) is 33.8 Å². The van der Waals surface area contributed by atoms with E-state index in [2.05, 4.69) is 38.4 Å². The first kappa shape index (κ1) is 38.7. The second-order valence-corrected chi connectivity index (χ2v) is 14.0. The monoisotopic (exact) mass is 744 g/mol. The molecule has 5 rings (SSSR count). The van der Waals surface area contributed by atoms with Gasteiger partial charge in [0.05, 0.1) is 32.5 Å². The third kappa shape index (κ3) is 13.0. The van der Waals surface area contributed by atoms with Crippen LogP contribution in [0.15, 0.2) is 168 Å². The Bertz CT molecular complexity index is 2480. The van der Waals surface area contributed by atoms with Gasteiger partial charge in [0.25, 0.3) is 20.0 Å². The Balaban J connectivity index is 0.000000245. The fraction of sp³-hybridized carbons (Fsp3) is 0. The van der Waals surface area contributed by atoms with Crippen LogP contribution >= 0.6 is 0 Å². The lowest BCUT2D eigenvalue weighted by Gasteiger charge is -2.08. The Hall–Kier alpha value is -7.06. The van der Waals surface area contributed by atoms with Crippen LogP contribution < -0.4 is 20.5 Å². The molecule has 0 aromatic heterocycles. The first-order chi connectivity index (χ1) is 25.4. The summed E-state index contributed by atoms with van der Waals surface area (Å²) in [5.41, 5.74) is 8.71. The highest BCUT2D eigenvalue weighted by Crippen LogP contribution is 2.19. The molecular weight excluding hydrogens is 713 g/mol. The number of carbonyl (C=O) groups excluding carboxylic acids is 1. The van der Waals surface area contributed by atoms with Crippen LogP contribution in [0.25, 0.3) is 0 Å². The second kappa shape index (κ2) is 18.8. The number of carbonyl (C=O) groups is 2. The SMILES string of the molecule is Nc1ccccc1NC(=O)/C=C/C#Cc1cccc(NS(=O)(=O)c2ccccc2)c1.O=C(O)/C=C/C#Cc1cccc(NS(=O)(=O)c2ccccc2)c1. The number of nitrogens with one attached hydrogen (secondary N) is 3. The minimum Gasteiger partial charge on any atom is -0.478 e. The number of benzene rings is 5. The molecule has 11 nitrogen and oxygen atoms in total. The number of nitrogens with two attached hydrogens (primary N) is 1. The van der Waals surface area contributed by atoms with Crippen molar-refractivity contribution in [3.05, 3.63) is 169 Å². The lowest BCUT2D eigenvalue weighted by atomic mass is 10.2. The molecule has 0 aliphatic heterocycles. The predicted molar refractivity (Wildman–Crippen MR) is 207 cm³/mol. The molecule has 0 saturated heterocycles. The molecule has 0 radical (unpaired) electrons. The smallest absolute Gasteiger partial charge is 0.328 e. The Morgan fingerprint density at radius 3 is 1.51 bits per heavy atom. The van der Waals surface area contributed by atoms with Crippen LogP contribution in [0.5, 0.6) is 0 Å². The number of amides is 1. The van der Waals surface area contributed by atoms with E-state index in [1.165, 1.54) is 42.5 Å². The standard InChI is InChI=1S/C23H19N3O3S.C17H13NO4S/c24-21-14-5-6-15-22(21)25-23(27)16-7-4-9-18-10-8-11-19(17-18)26-30(28,29)20-12-2-1-3-13-20;19-17(20)12-5-4-7-14-8-6-9-15(13-14)18-23(21,22)16-10-2-1-3-11-16/h1-3,5-8,10-17,26H,24H2,(H,25,27);1-3,5-6,8-13,18H,(H,19,20)/b16-7+;12-5+. The number of nitrogen functional groups attached to an aromatic ring is 1. The summed E-state index contributed by atoms with van der Waals surface area (Å²) in [4.78, 5) is 22.6. The number of sulfonamides is 2. The quantitative estimate of drug-likeness (QED) is 0.0682. The van der Waals surface area contributed by atoms with E-state index in [9.17, 15) is 26.4 Å². The highest BCUT2D eigenvalue weighted by atomic mass is 32.2. The number of carboxylic acids is 1. The molecule has 266 valence electrons. The topological polar surface area (TPSA) is 185 Å². The maximum atomic E-state index is 12.4. The number of hydrogen-bond donors (Lipinski definition) is 5. The van der Waals surface area contributed by atoms with Gasteiger partial charge in [-0.15, -0.1) is 0 Å². The molecule has 0 saturated carbocycles. The summed E-state index contributed by atoms with van der Waals surface area (Å²) in [6.07, 6.45) is 4.84. The van der Waals surface area contributed by atoms with Crippen LogP contribution in [0.2, 0.25) is 0 Å². The van der Waals surface area contributed by atoms with Crippen LogP contribution in [-0.2, 0) is 29.6 Å². The maximum Gasteiger partial charge on any atom is 0.328 e. The Morgan fingerprint density at radius 2 is 1.04 bits per heavy atom. The number of rotatable bonds is 9. The van der Waals surface area contributed by atoms with E-state index in [1.54, 1.807) is 109 Å². The third-order valence-electron chi connectivity index (χ3n) is 6.62. The third-order valence-corrected chi connectivity index (χ3v) is 9.41. The van der Waals surface area contributed by atoms with E-state index in [0.29, 0.717) is 33.9 Å². The van der Waals surface area contributed by atoms with E-state index in [1.807, 2.05) is 0 Å². The molecule has 0 bridgehead atoms. The van der Waals surface area contributed by atoms with E-state index < -0.39 is 26.0 Å². The molecule has 6 N–H and O–H groups in total. The van der Waals surface area contributed by atoms with E-state index in [4.69, 9.17) is 10.8 Å². The van der Waals surface area contributed by atoms with E-state index in [0.717, 1.165) is 6.08 Å². The Morgan fingerprint density at radius 1 is 0.585 bits per heavy atom. The van der Waals surface area contributed by atoms with Crippen LogP contribution in [0.4, 0.5) is 22.7 Å². The molecule has 13 heteroatoms. The van der Waals surface area contributed by atoms with Gasteiger partial charge < -0.3 is 16.2 Å². The average molecular weight is 745 g/mol. The molecule has 5 aromatic rings. The first-order valence-electron chi connectivity index (χ1n) is 15.5. The normalized spacial score (nSPS) is 10.8. The number of hydrogen-bond acceptors (Lipinski definition) is 7. The van der Waals surface area contributed by atoms with Crippen molar-refractivity contribution in [1.82, 2.24) is 0 Å². The van der Waals surface area contributed by atoms with Gasteiger partial charge in [0, 0.05) is 23.3 Å². The van der Waals surface area contributed by atoms with Gasteiger partial charge >= 0.3 is 5.97 Å². The van der Waals surface area contributed by atoms with Crippen molar-refractivity contribution >= 4 is 54.7 Å². The molecule has 0 unspecified atom stereocenters. The summed E-state index contributed by atoms with van der Waals surface area (Å²) in [7, 11) is -7.33. The number of para-hydroxylation sites is 2. The molecule has 0 atom stereocenters. The number of anilines is 4. The Kier molecular flexibility index (Phi) is 13.7. The zero-order valence-corrected chi connectivity index (χ0v) is 29.4. The van der Waals surface area contributed by atoms with Gasteiger partial charge in [-0.25, -0.2) is 21.6 Å². The lowest BCUT2D eigenvalue weighted by Crippen LogP contribution is -2.12. The van der Waals surface area contributed by atoms with Crippen LogP contribution in [0.3, 0.4) is 0 Å². The van der Waals surface area contributed by atoms with Gasteiger partial charge in [-0.05, 0) is 84.9 Å². The summed E-state index contributed by atoms with van der Waals surface area (Å²) < 4.78 is 54.3. The Labute approximate surface area is 308 Å². The number of aliphatic carboxylic acids is 1. The van der Waals surface area contributed by atoms with Crippen molar-refractivity contribution in [2.24, 2.45) is 0 Å². The maximum absolute atomic E-state index is 12.4. The van der Waals surface area contributed by atoms with Crippen molar-refractivity contribution < 1.29 is 31.5 Å². The van der Waals surface area contributed by atoms with Gasteiger partial charge in [-0.2, -0.15) is 0 Å². The largest absolute Gasteiger partial charge is 0.478 e. The summed E-state index contributed by atoms with van der Waals surface area (Å²) in [5, 5.41) is 11.1.